The van der Waals surface area contributed by atoms with Crippen molar-refractivity contribution in [2.45, 2.75) is 33.0 Å². The lowest BCUT2D eigenvalue weighted by Crippen LogP contribution is -2.27. The van der Waals surface area contributed by atoms with E-state index in [0.717, 1.165) is 42.2 Å². The number of benzene rings is 1. The summed E-state index contributed by atoms with van der Waals surface area (Å²) in [5.41, 5.74) is 2.92. The lowest BCUT2D eigenvalue weighted by atomic mass is 10.1. The zero-order valence-corrected chi connectivity index (χ0v) is 16.9. The lowest BCUT2D eigenvalue weighted by molar-refractivity contribution is -0.141. The lowest BCUT2D eigenvalue weighted by Gasteiger charge is -2.16. The van der Waals surface area contributed by atoms with Crippen molar-refractivity contribution in [2.75, 3.05) is 34.3 Å². The molecule has 0 saturated carbocycles. The molecule has 2 rings (SSSR count). The Hall–Kier alpha value is -2.38. The first kappa shape index (κ1) is 20.9. The fraction of sp³-hybridized carbons (Fsp3) is 0.500. The molecule has 148 valence electrons. The van der Waals surface area contributed by atoms with Crippen molar-refractivity contribution in [3.8, 4) is 17.0 Å². The van der Waals surface area contributed by atoms with E-state index in [-0.39, 0.29) is 18.6 Å². The summed E-state index contributed by atoms with van der Waals surface area (Å²) in [6.07, 6.45) is 2.05. The second-order valence-corrected chi connectivity index (χ2v) is 6.81. The van der Waals surface area contributed by atoms with Gasteiger partial charge in [-0.3, -0.25) is 9.48 Å². The molecule has 0 aliphatic heterocycles. The highest BCUT2D eigenvalue weighted by Crippen LogP contribution is 2.26. The molecule has 0 fully saturated rings. The summed E-state index contributed by atoms with van der Waals surface area (Å²) in [5, 5.41) is 7.78. The number of ether oxygens (including phenoxy) is 2. The fourth-order valence-corrected chi connectivity index (χ4v) is 2.74. The van der Waals surface area contributed by atoms with Crippen LogP contribution in [0.3, 0.4) is 0 Å². The van der Waals surface area contributed by atoms with Gasteiger partial charge in [0, 0.05) is 37.0 Å². The van der Waals surface area contributed by atoms with Crippen molar-refractivity contribution in [3.05, 3.63) is 36.0 Å². The van der Waals surface area contributed by atoms with Crippen LogP contribution in [-0.4, -0.2) is 61.0 Å². The zero-order valence-electron chi connectivity index (χ0n) is 16.9. The zero-order chi connectivity index (χ0) is 19.8. The Balaban J connectivity index is 2.26. The van der Waals surface area contributed by atoms with Crippen LogP contribution in [0, 0.1) is 0 Å². The third kappa shape index (κ3) is 6.37. The number of carbonyl (C=O) groups is 1. The Morgan fingerprint density at radius 1 is 1.30 bits per heavy atom. The van der Waals surface area contributed by atoms with E-state index >= 15 is 0 Å². The van der Waals surface area contributed by atoms with E-state index < -0.39 is 0 Å². The standard InChI is InChI=1S/C20H30N4O3/c1-15(2)27-18-8-6-16(7-9-18)20-17(12-23(4)11-10-21-3)13-24(22-20)14-19(25)26-5/h6-9,13,15,21H,10-12,14H2,1-5H3. The summed E-state index contributed by atoms with van der Waals surface area (Å²) >= 11 is 0. The highest BCUT2D eigenvalue weighted by Gasteiger charge is 2.15. The molecule has 0 aliphatic rings. The van der Waals surface area contributed by atoms with Crippen LogP contribution in [0.5, 0.6) is 5.75 Å². The third-order valence-corrected chi connectivity index (χ3v) is 4.04. The number of nitrogens with zero attached hydrogens (tertiary/aromatic N) is 3. The van der Waals surface area contributed by atoms with Crippen molar-refractivity contribution in [1.82, 2.24) is 20.0 Å². The monoisotopic (exact) mass is 374 g/mol. The van der Waals surface area contributed by atoms with Crippen LogP contribution < -0.4 is 10.1 Å². The van der Waals surface area contributed by atoms with Gasteiger partial charge < -0.3 is 19.7 Å². The van der Waals surface area contributed by atoms with Crippen LogP contribution in [-0.2, 0) is 22.6 Å². The number of nitrogens with one attached hydrogen (secondary N) is 1. The van der Waals surface area contributed by atoms with Gasteiger partial charge in [0.15, 0.2) is 0 Å². The molecule has 7 heteroatoms. The second kappa shape index (κ2) is 10.1. The summed E-state index contributed by atoms with van der Waals surface area (Å²) in [5.74, 6) is 0.509. The average Bonchev–Trinajstić information content (AvgIpc) is 3.02. The summed E-state index contributed by atoms with van der Waals surface area (Å²) in [6, 6.07) is 7.89. The van der Waals surface area contributed by atoms with Gasteiger partial charge >= 0.3 is 5.97 Å². The van der Waals surface area contributed by atoms with E-state index in [0.29, 0.717) is 0 Å². The smallest absolute Gasteiger partial charge is 0.327 e. The van der Waals surface area contributed by atoms with E-state index in [2.05, 4.69) is 22.4 Å². The molecule has 2 aromatic rings. The fourth-order valence-electron chi connectivity index (χ4n) is 2.74. The minimum Gasteiger partial charge on any atom is -0.491 e. The third-order valence-electron chi connectivity index (χ3n) is 4.04. The molecule has 27 heavy (non-hydrogen) atoms. The molecule has 7 nitrogen and oxygen atoms in total. The Bertz CT molecular complexity index is 725. The Morgan fingerprint density at radius 3 is 2.59 bits per heavy atom. The van der Waals surface area contributed by atoms with Gasteiger partial charge in [0.1, 0.15) is 12.3 Å². The Morgan fingerprint density at radius 2 is 2.00 bits per heavy atom. The van der Waals surface area contributed by atoms with Crippen LogP contribution in [0.1, 0.15) is 19.4 Å². The molecule has 0 saturated heterocycles. The predicted molar refractivity (Wildman–Crippen MR) is 106 cm³/mol. The molecule has 1 aromatic heterocycles. The van der Waals surface area contributed by atoms with Gasteiger partial charge in [-0.1, -0.05) is 0 Å². The molecule has 1 aromatic carbocycles. The molecule has 0 aliphatic carbocycles. The normalized spacial score (nSPS) is 11.2. The highest BCUT2D eigenvalue weighted by molar-refractivity contribution is 5.69. The largest absolute Gasteiger partial charge is 0.491 e. The number of hydrogen-bond donors (Lipinski definition) is 1. The number of hydrogen-bond acceptors (Lipinski definition) is 6. The number of likely N-dealkylation sites (N-methyl/N-ethyl adjacent to an activating group) is 2. The van der Waals surface area contributed by atoms with Crippen molar-refractivity contribution in [2.24, 2.45) is 0 Å². The summed E-state index contributed by atoms with van der Waals surface area (Å²) in [7, 11) is 5.39. The Kier molecular flexibility index (Phi) is 7.82. The highest BCUT2D eigenvalue weighted by atomic mass is 16.5. The maximum absolute atomic E-state index is 11.6. The van der Waals surface area contributed by atoms with Crippen LogP contribution in [0.4, 0.5) is 0 Å². The first-order valence-electron chi connectivity index (χ1n) is 9.16. The molecule has 0 atom stereocenters. The predicted octanol–water partition coefficient (Wildman–Crippen LogP) is 2.16. The van der Waals surface area contributed by atoms with Crippen LogP contribution in [0.15, 0.2) is 30.5 Å². The average molecular weight is 374 g/mol. The number of carbonyl (C=O) groups excluding carboxylic acids is 1. The molecule has 0 bridgehead atoms. The molecular weight excluding hydrogens is 344 g/mol. The van der Waals surface area contributed by atoms with Crippen molar-refractivity contribution in [3.63, 3.8) is 0 Å². The minimum absolute atomic E-state index is 0.0955. The van der Waals surface area contributed by atoms with E-state index in [4.69, 9.17) is 9.47 Å². The maximum atomic E-state index is 11.6. The quantitative estimate of drug-likeness (QED) is 0.643. The molecule has 0 spiro atoms. The summed E-state index contributed by atoms with van der Waals surface area (Å²) in [4.78, 5) is 13.8. The van der Waals surface area contributed by atoms with Gasteiger partial charge in [0.05, 0.1) is 18.9 Å². The summed E-state index contributed by atoms with van der Waals surface area (Å²) < 4.78 is 12.1. The molecule has 1 heterocycles. The topological polar surface area (TPSA) is 68.6 Å². The van der Waals surface area contributed by atoms with Gasteiger partial charge in [-0.15, -0.1) is 0 Å². The van der Waals surface area contributed by atoms with Crippen molar-refractivity contribution in [1.29, 1.82) is 0 Å². The van der Waals surface area contributed by atoms with Crippen LogP contribution >= 0.6 is 0 Å². The minimum atomic E-state index is -0.320. The van der Waals surface area contributed by atoms with Gasteiger partial charge in [-0.25, -0.2) is 0 Å². The van der Waals surface area contributed by atoms with Gasteiger partial charge in [0.2, 0.25) is 0 Å². The Labute approximate surface area is 161 Å². The van der Waals surface area contributed by atoms with E-state index in [1.807, 2.05) is 51.4 Å². The number of esters is 1. The maximum Gasteiger partial charge on any atom is 0.327 e. The van der Waals surface area contributed by atoms with Crippen molar-refractivity contribution < 1.29 is 14.3 Å². The van der Waals surface area contributed by atoms with Gasteiger partial charge in [-0.05, 0) is 52.2 Å². The second-order valence-electron chi connectivity index (χ2n) is 6.81. The van der Waals surface area contributed by atoms with E-state index in [9.17, 15) is 4.79 Å². The number of methoxy groups -OCH3 is 1. The SMILES string of the molecule is CNCCN(C)Cc1cn(CC(=O)OC)nc1-c1ccc(OC(C)C)cc1. The van der Waals surface area contributed by atoms with E-state index in [1.165, 1.54) is 7.11 Å². The molecular formula is C20H30N4O3. The van der Waals surface area contributed by atoms with Gasteiger partial charge in [-0.2, -0.15) is 5.10 Å². The number of rotatable bonds is 10. The van der Waals surface area contributed by atoms with Gasteiger partial charge in [0.25, 0.3) is 0 Å². The molecule has 0 unspecified atom stereocenters. The first-order valence-corrected chi connectivity index (χ1v) is 9.16. The van der Waals surface area contributed by atoms with E-state index in [1.54, 1.807) is 4.68 Å². The van der Waals surface area contributed by atoms with Crippen LogP contribution in [0.2, 0.25) is 0 Å². The number of aromatic nitrogens is 2. The van der Waals surface area contributed by atoms with Crippen LogP contribution in [0.25, 0.3) is 11.3 Å². The summed E-state index contributed by atoms with van der Waals surface area (Å²) in [6.45, 7) is 6.66. The molecule has 0 amide bonds. The molecule has 0 radical (unpaired) electrons. The van der Waals surface area contributed by atoms with Crippen molar-refractivity contribution >= 4 is 5.97 Å². The molecule has 1 N–H and O–H groups in total. The first-order chi connectivity index (χ1) is 12.9.